The molecule has 0 aliphatic heterocycles. The smallest absolute Gasteiger partial charge is 0.320 e. The molecule has 0 heterocycles. The van der Waals surface area contributed by atoms with E-state index in [1.54, 1.807) is 19.2 Å². The van der Waals surface area contributed by atoms with Gasteiger partial charge >= 0.3 is 6.03 Å². The Labute approximate surface area is 143 Å². The maximum absolute atomic E-state index is 13.7. The van der Waals surface area contributed by atoms with Crippen LogP contribution in [0.5, 0.6) is 11.5 Å². The minimum Gasteiger partial charge on any atom is -0.493 e. The van der Waals surface area contributed by atoms with Gasteiger partial charge in [0.2, 0.25) is 0 Å². The molecule has 2 aromatic carbocycles. The standard InChI is InChI=1S/C18H18F2N2O3/c1-24-14-7-6-11(10-15(14)25-2)18(8-9-18)22-17(23)21-16-12(19)4-3-5-13(16)20/h3-7,10H,8-9H2,1-2H3,(H2,21,22,23). The van der Waals surface area contributed by atoms with Gasteiger partial charge in [-0.1, -0.05) is 12.1 Å². The van der Waals surface area contributed by atoms with Crippen LogP contribution in [0.4, 0.5) is 19.3 Å². The number of methoxy groups -OCH3 is 2. The molecule has 132 valence electrons. The summed E-state index contributed by atoms with van der Waals surface area (Å²) in [6.07, 6.45) is 1.44. The number of amides is 2. The number of carbonyl (C=O) groups is 1. The van der Waals surface area contributed by atoms with Crippen molar-refractivity contribution in [3.05, 3.63) is 53.6 Å². The second-order valence-corrected chi connectivity index (χ2v) is 5.83. The Bertz CT molecular complexity index is 787. The molecule has 2 amide bonds. The van der Waals surface area contributed by atoms with Gasteiger partial charge in [0.05, 0.1) is 19.8 Å². The first-order valence-corrected chi connectivity index (χ1v) is 7.75. The monoisotopic (exact) mass is 348 g/mol. The number of halogens is 2. The van der Waals surface area contributed by atoms with E-state index in [0.717, 1.165) is 30.5 Å². The molecule has 0 bridgehead atoms. The van der Waals surface area contributed by atoms with Gasteiger partial charge in [0.1, 0.15) is 17.3 Å². The van der Waals surface area contributed by atoms with Crippen molar-refractivity contribution in [2.75, 3.05) is 19.5 Å². The topological polar surface area (TPSA) is 59.6 Å². The third kappa shape index (κ3) is 3.35. The first kappa shape index (κ1) is 17.0. The zero-order valence-corrected chi connectivity index (χ0v) is 13.9. The van der Waals surface area contributed by atoms with Crippen molar-refractivity contribution in [1.29, 1.82) is 0 Å². The average Bonchev–Trinajstić information content (AvgIpc) is 3.38. The lowest BCUT2D eigenvalue weighted by Crippen LogP contribution is -2.38. The Hall–Kier alpha value is -2.83. The molecular formula is C18H18F2N2O3. The van der Waals surface area contributed by atoms with Crippen molar-refractivity contribution >= 4 is 11.7 Å². The fourth-order valence-electron chi connectivity index (χ4n) is 2.72. The summed E-state index contributed by atoms with van der Waals surface area (Å²) in [6, 6.07) is 8.11. The molecule has 0 aromatic heterocycles. The second kappa shape index (κ2) is 6.58. The molecule has 1 fully saturated rings. The molecule has 0 radical (unpaired) electrons. The van der Waals surface area contributed by atoms with E-state index in [0.29, 0.717) is 11.5 Å². The van der Waals surface area contributed by atoms with E-state index in [1.165, 1.54) is 13.2 Å². The molecule has 5 nitrogen and oxygen atoms in total. The molecule has 2 N–H and O–H groups in total. The number of rotatable bonds is 5. The summed E-state index contributed by atoms with van der Waals surface area (Å²) in [5.74, 6) is -0.522. The lowest BCUT2D eigenvalue weighted by atomic mass is 10.0. The van der Waals surface area contributed by atoms with Gasteiger partial charge < -0.3 is 20.1 Å². The van der Waals surface area contributed by atoms with Crippen LogP contribution in [0.3, 0.4) is 0 Å². The lowest BCUT2D eigenvalue weighted by Gasteiger charge is -2.20. The Morgan fingerprint density at radius 3 is 2.24 bits per heavy atom. The number of hydrogen-bond donors (Lipinski definition) is 2. The quantitative estimate of drug-likeness (QED) is 0.864. The summed E-state index contributed by atoms with van der Waals surface area (Å²) in [4.78, 5) is 12.2. The fraction of sp³-hybridized carbons (Fsp3) is 0.278. The summed E-state index contributed by atoms with van der Waals surface area (Å²) in [6.45, 7) is 0. The van der Waals surface area contributed by atoms with E-state index in [9.17, 15) is 13.6 Å². The van der Waals surface area contributed by atoms with Gasteiger partial charge in [-0.05, 0) is 42.7 Å². The summed E-state index contributed by atoms with van der Waals surface area (Å²) in [7, 11) is 3.07. The van der Waals surface area contributed by atoms with Gasteiger partial charge in [-0.3, -0.25) is 0 Å². The van der Waals surface area contributed by atoms with E-state index < -0.39 is 28.9 Å². The highest BCUT2D eigenvalue weighted by Crippen LogP contribution is 2.47. The van der Waals surface area contributed by atoms with Gasteiger partial charge in [0.25, 0.3) is 0 Å². The summed E-state index contributed by atoms with van der Waals surface area (Å²) in [5.41, 5.74) is -0.205. The van der Waals surface area contributed by atoms with Crippen molar-refractivity contribution < 1.29 is 23.0 Å². The first-order valence-electron chi connectivity index (χ1n) is 7.75. The second-order valence-electron chi connectivity index (χ2n) is 5.83. The molecule has 0 unspecified atom stereocenters. The van der Waals surface area contributed by atoms with Crippen molar-refractivity contribution in [1.82, 2.24) is 5.32 Å². The molecule has 2 aromatic rings. The number of hydrogen-bond acceptors (Lipinski definition) is 3. The predicted octanol–water partition coefficient (Wildman–Crippen LogP) is 3.79. The molecule has 3 rings (SSSR count). The maximum Gasteiger partial charge on any atom is 0.320 e. The van der Waals surface area contributed by atoms with Crippen LogP contribution in [-0.4, -0.2) is 20.3 Å². The van der Waals surface area contributed by atoms with Crippen LogP contribution in [0.25, 0.3) is 0 Å². The van der Waals surface area contributed by atoms with Gasteiger partial charge in [0.15, 0.2) is 11.5 Å². The van der Waals surface area contributed by atoms with E-state index in [4.69, 9.17) is 9.47 Å². The van der Waals surface area contributed by atoms with E-state index in [2.05, 4.69) is 10.6 Å². The number of urea groups is 1. The lowest BCUT2D eigenvalue weighted by molar-refractivity contribution is 0.247. The zero-order valence-electron chi connectivity index (χ0n) is 13.9. The molecule has 0 saturated heterocycles. The summed E-state index contributed by atoms with van der Waals surface area (Å²) >= 11 is 0. The van der Waals surface area contributed by atoms with E-state index in [-0.39, 0.29) is 0 Å². The number of ether oxygens (including phenoxy) is 2. The Morgan fingerprint density at radius 2 is 1.68 bits per heavy atom. The first-order chi connectivity index (χ1) is 12.0. The van der Waals surface area contributed by atoms with Crippen molar-refractivity contribution in [2.24, 2.45) is 0 Å². The highest BCUT2D eigenvalue weighted by molar-refractivity contribution is 5.90. The minimum atomic E-state index is -0.828. The van der Waals surface area contributed by atoms with Crippen LogP contribution in [-0.2, 0) is 5.54 Å². The van der Waals surface area contributed by atoms with Crippen molar-refractivity contribution in [3.8, 4) is 11.5 Å². The Balaban J connectivity index is 1.77. The number of carbonyl (C=O) groups excluding carboxylic acids is 1. The van der Waals surface area contributed by atoms with E-state index in [1.807, 2.05) is 6.07 Å². The van der Waals surface area contributed by atoms with Gasteiger partial charge in [-0.2, -0.15) is 0 Å². The largest absolute Gasteiger partial charge is 0.493 e. The molecule has 1 aliphatic carbocycles. The molecule has 7 heteroatoms. The molecule has 1 aliphatic rings. The van der Waals surface area contributed by atoms with Crippen LogP contribution in [0.1, 0.15) is 18.4 Å². The zero-order chi connectivity index (χ0) is 18.0. The van der Waals surface area contributed by atoms with Gasteiger partial charge in [0, 0.05) is 0 Å². The fourth-order valence-corrected chi connectivity index (χ4v) is 2.72. The molecule has 1 saturated carbocycles. The highest BCUT2D eigenvalue weighted by Gasteiger charge is 2.46. The SMILES string of the molecule is COc1ccc(C2(NC(=O)Nc3c(F)cccc3F)CC2)cc1OC. The molecule has 0 atom stereocenters. The van der Waals surface area contributed by atoms with Gasteiger partial charge in [-0.25, -0.2) is 13.6 Å². The van der Waals surface area contributed by atoms with Crippen molar-refractivity contribution in [2.45, 2.75) is 18.4 Å². The van der Waals surface area contributed by atoms with Crippen molar-refractivity contribution in [3.63, 3.8) is 0 Å². The maximum atomic E-state index is 13.7. The molecular weight excluding hydrogens is 330 g/mol. The number of para-hydroxylation sites is 1. The number of benzene rings is 2. The summed E-state index contributed by atoms with van der Waals surface area (Å²) in [5, 5.41) is 5.04. The van der Waals surface area contributed by atoms with Crippen LogP contribution < -0.4 is 20.1 Å². The number of nitrogens with one attached hydrogen (secondary N) is 2. The van der Waals surface area contributed by atoms with Gasteiger partial charge in [-0.15, -0.1) is 0 Å². The third-order valence-corrected chi connectivity index (χ3v) is 4.24. The Kier molecular flexibility index (Phi) is 4.48. The normalized spacial score (nSPS) is 14.6. The minimum absolute atomic E-state index is 0.469. The summed E-state index contributed by atoms with van der Waals surface area (Å²) < 4.78 is 37.8. The average molecular weight is 348 g/mol. The highest BCUT2D eigenvalue weighted by atomic mass is 19.1. The van der Waals surface area contributed by atoms with Crippen LogP contribution >= 0.6 is 0 Å². The molecule has 0 spiro atoms. The number of anilines is 1. The molecule has 25 heavy (non-hydrogen) atoms. The van der Waals surface area contributed by atoms with Crippen LogP contribution in [0.15, 0.2) is 36.4 Å². The van der Waals surface area contributed by atoms with E-state index >= 15 is 0 Å². The predicted molar refractivity (Wildman–Crippen MR) is 89.0 cm³/mol. The third-order valence-electron chi connectivity index (χ3n) is 4.24. The Morgan fingerprint density at radius 1 is 1.04 bits per heavy atom. The van der Waals surface area contributed by atoms with Crippen LogP contribution in [0, 0.1) is 11.6 Å². The van der Waals surface area contributed by atoms with Crippen LogP contribution in [0.2, 0.25) is 0 Å².